The van der Waals surface area contributed by atoms with Crippen molar-refractivity contribution in [3.8, 4) is 0 Å². The molecule has 0 radical (unpaired) electrons. The number of hydrogen-bond donors (Lipinski definition) is 1. The molecule has 1 N–H and O–H groups in total. The largest absolute Gasteiger partial charge is 0.378 e. The van der Waals surface area contributed by atoms with Gasteiger partial charge in [0, 0.05) is 12.1 Å². The Bertz CT molecular complexity index is 190. The second kappa shape index (κ2) is 4.78. The van der Waals surface area contributed by atoms with Crippen LogP contribution in [-0.4, -0.2) is 24.2 Å². The second-order valence-corrected chi connectivity index (χ2v) is 4.99. The maximum atomic E-state index is 11.5. The van der Waals surface area contributed by atoms with E-state index in [2.05, 4.69) is 5.32 Å². The molecule has 0 aliphatic carbocycles. The highest BCUT2D eigenvalue weighted by Crippen LogP contribution is 2.15. The molecule has 3 heteroatoms. The molecule has 1 saturated heterocycles. The SMILES string of the molecule is CC(C)(C)NC(=O)CC1CCCCO1. The standard InChI is InChI=1S/C11H21NO2/c1-11(2,3)12-10(13)8-9-6-4-5-7-14-9/h9H,4-8H2,1-3H3,(H,12,13). The fraction of sp³-hybridized carbons (Fsp3) is 0.909. The van der Waals surface area contributed by atoms with Crippen LogP contribution in [0.4, 0.5) is 0 Å². The number of hydrogen-bond acceptors (Lipinski definition) is 2. The number of carbonyl (C=O) groups is 1. The van der Waals surface area contributed by atoms with E-state index >= 15 is 0 Å². The third kappa shape index (κ3) is 4.61. The summed E-state index contributed by atoms with van der Waals surface area (Å²) in [5.74, 6) is 0.101. The van der Waals surface area contributed by atoms with Gasteiger partial charge in [-0.15, -0.1) is 0 Å². The average molecular weight is 199 g/mol. The van der Waals surface area contributed by atoms with E-state index in [1.807, 2.05) is 20.8 Å². The minimum absolute atomic E-state index is 0.101. The summed E-state index contributed by atoms with van der Waals surface area (Å²) in [6.07, 6.45) is 4.01. The van der Waals surface area contributed by atoms with Crippen molar-refractivity contribution >= 4 is 5.91 Å². The van der Waals surface area contributed by atoms with E-state index in [9.17, 15) is 4.79 Å². The zero-order valence-electron chi connectivity index (χ0n) is 9.43. The number of carbonyl (C=O) groups excluding carboxylic acids is 1. The quantitative estimate of drug-likeness (QED) is 0.737. The predicted octanol–water partition coefficient (Wildman–Crippen LogP) is 1.86. The lowest BCUT2D eigenvalue weighted by atomic mass is 10.0. The van der Waals surface area contributed by atoms with Gasteiger partial charge in [-0.3, -0.25) is 4.79 Å². The molecule has 1 atom stereocenters. The van der Waals surface area contributed by atoms with Crippen molar-refractivity contribution in [2.75, 3.05) is 6.61 Å². The molecule has 0 saturated carbocycles. The Balaban J connectivity index is 2.25. The molecule has 3 nitrogen and oxygen atoms in total. The van der Waals surface area contributed by atoms with Gasteiger partial charge in [0.2, 0.25) is 5.91 Å². The molecular weight excluding hydrogens is 178 g/mol. The van der Waals surface area contributed by atoms with Crippen molar-refractivity contribution in [2.45, 2.75) is 58.1 Å². The Morgan fingerprint density at radius 2 is 2.14 bits per heavy atom. The third-order valence-electron chi connectivity index (χ3n) is 2.20. The van der Waals surface area contributed by atoms with E-state index in [4.69, 9.17) is 4.74 Å². The summed E-state index contributed by atoms with van der Waals surface area (Å²) in [5, 5.41) is 2.95. The number of ether oxygens (including phenoxy) is 1. The average Bonchev–Trinajstić information content (AvgIpc) is 2.02. The van der Waals surface area contributed by atoms with Gasteiger partial charge in [-0.1, -0.05) is 0 Å². The highest BCUT2D eigenvalue weighted by atomic mass is 16.5. The topological polar surface area (TPSA) is 38.3 Å². The maximum Gasteiger partial charge on any atom is 0.223 e. The van der Waals surface area contributed by atoms with E-state index in [-0.39, 0.29) is 17.6 Å². The Morgan fingerprint density at radius 1 is 1.43 bits per heavy atom. The number of rotatable bonds is 2. The van der Waals surface area contributed by atoms with Gasteiger partial charge in [0.1, 0.15) is 0 Å². The van der Waals surface area contributed by atoms with E-state index < -0.39 is 0 Å². The molecule has 82 valence electrons. The molecule has 0 aromatic rings. The zero-order valence-corrected chi connectivity index (χ0v) is 9.43. The summed E-state index contributed by atoms with van der Waals surface area (Å²) in [4.78, 5) is 11.5. The van der Waals surface area contributed by atoms with Crippen LogP contribution in [0.25, 0.3) is 0 Å². The minimum atomic E-state index is -0.133. The van der Waals surface area contributed by atoms with E-state index in [1.165, 1.54) is 6.42 Å². The van der Waals surface area contributed by atoms with Crippen LogP contribution in [0.1, 0.15) is 46.5 Å². The van der Waals surface area contributed by atoms with Crippen molar-refractivity contribution < 1.29 is 9.53 Å². The first-order valence-electron chi connectivity index (χ1n) is 5.40. The second-order valence-electron chi connectivity index (χ2n) is 4.99. The van der Waals surface area contributed by atoms with Crippen LogP contribution in [0.3, 0.4) is 0 Å². The zero-order chi connectivity index (χ0) is 10.6. The molecule has 14 heavy (non-hydrogen) atoms. The molecule has 0 bridgehead atoms. The fourth-order valence-electron chi connectivity index (χ4n) is 1.64. The Hall–Kier alpha value is -0.570. The molecule has 1 amide bonds. The fourth-order valence-corrected chi connectivity index (χ4v) is 1.64. The van der Waals surface area contributed by atoms with Crippen molar-refractivity contribution in [2.24, 2.45) is 0 Å². The van der Waals surface area contributed by atoms with Gasteiger partial charge in [-0.05, 0) is 40.0 Å². The monoisotopic (exact) mass is 199 g/mol. The summed E-state index contributed by atoms with van der Waals surface area (Å²) in [6.45, 7) is 6.79. The number of amides is 1. The summed E-state index contributed by atoms with van der Waals surface area (Å²) in [5.41, 5.74) is -0.133. The molecule has 0 spiro atoms. The summed E-state index contributed by atoms with van der Waals surface area (Å²) >= 11 is 0. The highest BCUT2D eigenvalue weighted by Gasteiger charge is 2.20. The van der Waals surface area contributed by atoms with Gasteiger partial charge in [-0.25, -0.2) is 0 Å². The van der Waals surface area contributed by atoms with Crippen LogP contribution in [0.15, 0.2) is 0 Å². The van der Waals surface area contributed by atoms with E-state index in [0.29, 0.717) is 6.42 Å². The number of nitrogens with one attached hydrogen (secondary N) is 1. The Labute approximate surface area is 86.2 Å². The van der Waals surface area contributed by atoms with E-state index in [0.717, 1.165) is 19.4 Å². The van der Waals surface area contributed by atoms with Crippen molar-refractivity contribution in [3.63, 3.8) is 0 Å². The lowest BCUT2D eigenvalue weighted by molar-refractivity contribution is -0.126. The molecule has 1 unspecified atom stereocenters. The van der Waals surface area contributed by atoms with Gasteiger partial charge in [0.15, 0.2) is 0 Å². The van der Waals surface area contributed by atoms with Crippen LogP contribution >= 0.6 is 0 Å². The molecule has 1 aliphatic rings. The van der Waals surface area contributed by atoms with Gasteiger partial charge in [-0.2, -0.15) is 0 Å². The molecule has 0 aromatic heterocycles. The first kappa shape index (κ1) is 11.5. The summed E-state index contributed by atoms with van der Waals surface area (Å²) in [6, 6.07) is 0. The van der Waals surface area contributed by atoms with Gasteiger partial charge >= 0.3 is 0 Å². The van der Waals surface area contributed by atoms with Gasteiger partial charge in [0.05, 0.1) is 12.5 Å². The first-order chi connectivity index (χ1) is 6.47. The van der Waals surface area contributed by atoms with Crippen molar-refractivity contribution in [3.05, 3.63) is 0 Å². The normalized spacial score (nSPS) is 23.2. The first-order valence-corrected chi connectivity index (χ1v) is 5.40. The molecule has 1 fully saturated rings. The molecular formula is C11H21NO2. The van der Waals surface area contributed by atoms with Crippen LogP contribution < -0.4 is 5.32 Å². The summed E-state index contributed by atoms with van der Waals surface area (Å²) < 4.78 is 5.50. The molecule has 1 heterocycles. The van der Waals surface area contributed by atoms with Crippen LogP contribution in [0.5, 0.6) is 0 Å². The molecule has 1 aliphatic heterocycles. The molecule has 0 aromatic carbocycles. The van der Waals surface area contributed by atoms with E-state index in [1.54, 1.807) is 0 Å². The Morgan fingerprint density at radius 3 is 2.64 bits per heavy atom. The van der Waals surface area contributed by atoms with Crippen molar-refractivity contribution in [1.82, 2.24) is 5.32 Å². The van der Waals surface area contributed by atoms with Gasteiger partial charge < -0.3 is 10.1 Å². The third-order valence-corrected chi connectivity index (χ3v) is 2.20. The maximum absolute atomic E-state index is 11.5. The van der Waals surface area contributed by atoms with Crippen LogP contribution in [0, 0.1) is 0 Å². The van der Waals surface area contributed by atoms with Crippen LogP contribution in [0.2, 0.25) is 0 Å². The predicted molar refractivity (Wildman–Crippen MR) is 56.1 cm³/mol. The van der Waals surface area contributed by atoms with Gasteiger partial charge in [0.25, 0.3) is 0 Å². The highest BCUT2D eigenvalue weighted by molar-refractivity contribution is 5.77. The lowest BCUT2D eigenvalue weighted by Crippen LogP contribution is -2.42. The van der Waals surface area contributed by atoms with Crippen molar-refractivity contribution in [1.29, 1.82) is 0 Å². The Kier molecular flexibility index (Phi) is 3.93. The smallest absolute Gasteiger partial charge is 0.223 e. The minimum Gasteiger partial charge on any atom is -0.378 e. The van der Waals surface area contributed by atoms with Crippen LogP contribution in [-0.2, 0) is 9.53 Å². The molecule has 1 rings (SSSR count). The lowest BCUT2D eigenvalue weighted by Gasteiger charge is -2.25. The summed E-state index contributed by atoms with van der Waals surface area (Å²) in [7, 11) is 0.